The quantitative estimate of drug-likeness (QED) is 0.487. The smallest absolute Gasteiger partial charge is 0.384 e. The minimum absolute atomic E-state index is 0.169. The highest BCUT2D eigenvalue weighted by atomic mass is 16.4. The van der Waals surface area contributed by atoms with Crippen molar-refractivity contribution in [3.8, 4) is 5.75 Å². The maximum Gasteiger partial charge on any atom is 0.384 e. The number of quaternary nitrogens is 1. The van der Waals surface area contributed by atoms with Crippen molar-refractivity contribution in [1.82, 2.24) is 9.47 Å². The van der Waals surface area contributed by atoms with E-state index in [1.165, 1.54) is 17.6 Å². The standard InChI is InChI=1S/C13H17N3O4/c1-6-15(3)10-7-9(16(4,5)8(2)17)12(18)11(14-10)13(19)20/h7H,3,6H2,1-2,4-5H3/p+2. The Labute approximate surface area is 117 Å². The van der Waals surface area contributed by atoms with Crippen LogP contribution >= 0.6 is 0 Å². The molecule has 0 aliphatic rings. The number of aromatic carboxylic acids is 1. The number of hydrogen-bond donors (Lipinski definition) is 2. The van der Waals surface area contributed by atoms with E-state index in [2.05, 4.69) is 11.7 Å². The lowest BCUT2D eigenvalue weighted by molar-refractivity contribution is -0.430. The fourth-order valence-electron chi connectivity index (χ4n) is 1.58. The molecule has 0 atom stereocenters. The summed E-state index contributed by atoms with van der Waals surface area (Å²) in [4.78, 5) is 26.8. The molecule has 1 heterocycles. The molecule has 108 valence electrons. The molecule has 0 radical (unpaired) electrons. The third kappa shape index (κ3) is 2.67. The highest BCUT2D eigenvalue weighted by Gasteiger charge is 2.36. The van der Waals surface area contributed by atoms with E-state index in [-0.39, 0.29) is 21.9 Å². The molecule has 0 fully saturated rings. The second kappa shape index (κ2) is 5.38. The highest BCUT2D eigenvalue weighted by molar-refractivity contribution is 5.94. The molecule has 0 aliphatic carbocycles. The molecule has 7 nitrogen and oxygen atoms in total. The van der Waals surface area contributed by atoms with Crippen LogP contribution in [0.3, 0.4) is 0 Å². The lowest BCUT2D eigenvalue weighted by atomic mass is 10.2. The summed E-state index contributed by atoms with van der Waals surface area (Å²) in [7, 11) is 3.12. The van der Waals surface area contributed by atoms with Crippen LogP contribution in [-0.2, 0) is 4.79 Å². The van der Waals surface area contributed by atoms with Crippen LogP contribution in [0.1, 0.15) is 24.3 Å². The van der Waals surface area contributed by atoms with E-state index in [4.69, 9.17) is 5.11 Å². The third-order valence-corrected chi connectivity index (χ3v) is 3.26. The Morgan fingerprint density at radius 1 is 1.45 bits per heavy atom. The van der Waals surface area contributed by atoms with Gasteiger partial charge in [-0.15, -0.1) is 0 Å². The maximum absolute atomic E-state index is 11.7. The van der Waals surface area contributed by atoms with Crippen molar-refractivity contribution in [1.29, 1.82) is 0 Å². The summed E-state index contributed by atoms with van der Waals surface area (Å²) in [5.41, 5.74) is -0.325. The second-order valence-corrected chi connectivity index (χ2v) is 4.83. The number of carboxylic acids is 1. The van der Waals surface area contributed by atoms with Crippen LogP contribution in [0, 0.1) is 0 Å². The Hall–Kier alpha value is -2.28. The molecule has 0 unspecified atom stereocenters. The topological polar surface area (TPSA) is 90.5 Å². The van der Waals surface area contributed by atoms with Crippen molar-refractivity contribution in [2.45, 2.75) is 13.8 Å². The summed E-state index contributed by atoms with van der Waals surface area (Å²) < 4.78 is 1.19. The largest absolute Gasteiger partial charge is 0.499 e. The number of rotatable bonds is 4. The number of hydrogen-bond acceptors (Lipinski definition) is 4. The Bertz CT molecular complexity index is 594. The summed E-state index contributed by atoms with van der Waals surface area (Å²) in [6, 6.07) is 1.47. The van der Waals surface area contributed by atoms with Crippen LogP contribution in [0.2, 0.25) is 0 Å². The number of aromatic nitrogens is 1. The van der Waals surface area contributed by atoms with E-state index in [9.17, 15) is 14.7 Å². The summed E-state index contributed by atoms with van der Waals surface area (Å²) in [5.74, 6) is -1.84. The number of aromatic hydroxyl groups is 1. The molecular weight excluding hydrogens is 262 g/mol. The molecule has 1 aromatic rings. The Morgan fingerprint density at radius 3 is 2.40 bits per heavy atom. The van der Waals surface area contributed by atoms with Gasteiger partial charge < -0.3 is 10.2 Å². The van der Waals surface area contributed by atoms with Crippen molar-refractivity contribution in [3.05, 3.63) is 11.8 Å². The normalized spacial score (nSPS) is 11.2. The van der Waals surface area contributed by atoms with E-state index in [1.807, 2.05) is 6.92 Å². The van der Waals surface area contributed by atoms with Crippen molar-refractivity contribution < 1.29 is 24.4 Å². The maximum atomic E-state index is 11.7. The van der Waals surface area contributed by atoms with Crippen LogP contribution in [-0.4, -0.2) is 59.0 Å². The molecule has 1 aromatic heterocycles. The summed E-state index contributed by atoms with van der Waals surface area (Å²) in [6.45, 7) is 7.42. The first kappa shape index (κ1) is 15.8. The first-order valence-corrected chi connectivity index (χ1v) is 6.03. The predicted molar refractivity (Wildman–Crippen MR) is 74.8 cm³/mol. The SMILES string of the molecule is C=[N+](CC)c1cc([N+](C)(C)C(C)=O)c(O)c(C(=O)O)n1. The van der Waals surface area contributed by atoms with Gasteiger partial charge in [-0.2, -0.15) is 0 Å². The molecule has 1 rings (SSSR count). The van der Waals surface area contributed by atoms with Crippen molar-refractivity contribution >= 4 is 30.1 Å². The van der Waals surface area contributed by atoms with Gasteiger partial charge in [-0.3, -0.25) is 0 Å². The van der Waals surface area contributed by atoms with Gasteiger partial charge in [-0.05, 0) is 11.9 Å². The monoisotopic (exact) mass is 281 g/mol. The average Bonchev–Trinajstić information content (AvgIpc) is 2.37. The van der Waals surface area contributed by atoms with Gasteiger partial charge in [0.15, 0.2) is 5.69 Å². The predicted octanol–water partition coefficient (Wildman–Crippen LogP) is 0.963. The molecule has 0 saturated carbocycles. The van der Waals surface area contributed by atoms with Gasteiger partial charge in [0.05, 0.1) is 40.3 Å². The van der Waals surface area contributed by atoms with Crippen molar-refractivity contribution in [2.24, 2.45) is 0 Å². The second-order valence-electron chi connectivity index (χ2n) is 4.83. The minimum atomic E-state index is -1.36. The van der Waals surface area contributed by atoms with E-state index < -0.39 is 17.4 Å². The molecule has 20 heavy (non-hydrogen) atoms. The van der Waals surface area contributed by atoms with Gasteiger partial charge in [0.25, 0.3) is 0 Å². The number of carbonyl (C=O) groups excluding carboxylic acids is 1. The van der Waals surface area contributed by atoms with Crippen LogP contribution < -0.4 is 4.48 Å². The van der Waals surface area contributed by atoms with Gasteiger partial charge in [0.2, 0.25) is 5.75 Å². The third-order valence-electron chi connectivity index (χ3n) is 3.26. The lowest BCUT2D eigenvalue weighted by Gasteiger charge is -2.24. The lowest BCUT2D eigenvalue weighted by Crippen LogP contribution is -2.45. The molecule has 0 saturated heterocycles. The van der Waals surface area contributed by atoms with Gasteiger partial charge in [0, 0.05) is 0 Å². The Morgan fingerprint density at radius 2 is 2.00 bits per heavy atom. The fraction of sp³-hybridized carbons (Fsp3) is 0.385. The molecule has 1 amide bonds. The van der Waals surface area contributed by atoms with Gasteiger partial charge in [-0.1, -0.05) is 0 Å². The summed E-state index contributed by atoms with van der Waals surface area (Å²) in [5, 5.41) is 19.2. The average molecular weight is 281 g/mol. The molecule has 0 spiro atoms. The van der Waals surface area contributed by atoms with Gasteiger partial charge in [-0.25, -0.2) is 18.6 Å². The molecule has 0 aliphatic heterocycles. The molecule has 2 N–H and O–H groups in total. The van der Waals surface area contributed by atoms with Crippen LogP contribution in [0.15, 0.2) is 6.07 Å². The number of amides is 1. The van der Waals surface area contributed by atoms with E-state index >= 15 is 0 Å². The Balaban J connectivity index is 3.67. The molecule has 0 aromatic carbocycles. The number of carbonyl (C=O) groups is 2. The van der Waals surface area contributed by atoms with Crippen molar-refractivity contribution in [3.63, 3.8) is 0 Å². The number of pyridine rings is 1. The van der Waals surface area contributed by atoms with Gasteiger partial charge >= 0.3 is 23.4 Å². The summed E-state index contributed by atoms with van der Waals surface area (Å²) >= 11 is 0. The van der Waals surface area contributed by atoms with Crippen LogP contribution in [0.5, 0.6) is 5.75 Å². The molecule has 0 bridgehead atoms. The zero-order valence-electron chi connectivity index (χ0n) is 12.0. The molecule has 7 heteroatoms. The zero-order chi connectivity index (χ0) is 15.7. The first-order valence-electron chi connectivity index (χ1n) is 6.03. The van der Waals surface area contributed by atoms with Gasteiger partial charge in [0.1, 0.15) is 0 Å². The highest BCUT2D eigenvalue weighted by Crippen LogP contribution is 2.35. The first-order chi connectivity index (χ1) is 9.12. The Kier molecular flexibility index (Phi) is 4.24. The fourth-order valence-corrected chi connectivity index (χ4v) is 1.58. The van der Waals surface area contributed by atoms with E-state index in [0.717, 1.165) is 0 Å². The minimum Gasteiger partial charge on any atom is -0.499 e. The van der Waals surface area contributed by atoms with Crippen LogP contribution in [0.4, 0.5) is 11.5 Å². The van der Waals surface area contributed by atoms with E-state index in [1.54, 1.807) is 14.1 Å². The number of nitrogens with zero attached hydrogens (tertiary/aromatic N) is 3. The summed E-state index contributed by atoms with van der Waals surface area (Å²) in [6.07, 6.45) is 0. The molecular formula is C13H19N3O4+2. The van der Waals surface area contributed by atoms with E-state index in [0.29, 0.717) is 6.54 Å². The van der Waals surface area contributed by atoms with Crippen molar-refractivity contribution in [2.75, 3.05) is 20.6 Å². The zero-order valence-corrected chi connectivity index (χ0v) is 12.0. The van der Waals surface area contributed by atoms with Crippen LogP contribution in [0.25, 0.3) is 0 Å². The number of carboxylic acid groups (broad SMARTS) is 1.